The minimum atomic E-state index is -3.01. The molecule has 0 fully saturated rings. The van der Waals surface area contributed by atoms with E-state index in [0.717, 1.165) is 61.9 Å². The van der Waals surface area contributed by atoms with Crippen LogP contribution in [0.5, 0.6) is 11.5 Å². The molecule has 1 aliphatic rings. The zero-order valence-corrected chi connectivity index (χ0v) is 29.1. The van der Waals surface area contributed by atoms with Crippen molar-refractivity contribution in [3.63, 3.8) is 0 Å². The molecule has 4 heterocycles. The highest BCUT2D eigenvalue weighted by molar-refractivity contribution is 7.22. The third-order valence-electron chi connectivity index (χ3n) is 10.1. The Hall–Kier alpha value is -6.76. The highest BCUT2D eigenvalue weighted by atomic mass is 28.3. The van der Waals surface area contributed by atoms with E-state index in [-0.39, 0.29) is 0 Å². The van der Waals surface area contributed by atoms with Crippen molar-refractivity contribution in [3.8, 4) is 22.8 Å². The van der Waals surface area contributed by atoms with Crippen molar-refractivity contribution in [1.82, 2.24) is 9.97 Å². The number of nitrogens with zero attached hydrogens (tertiary/aromatic N) is 3. The SMILES string of the molecule is c1ccc([Si]2(c3ccccc3)c3cccnc3N(c3cccc(Oc4cccc(-c5ccccn5)c4)c3)c3ccc4oc5ccccc5c4c32)cc1. The smallest absolute Gasteiger partial charge is 0.187 e. The first kappa shape index (κ1) is 30.1. The third-order valence-corrected chi connectivity index (χ3v) is 14.9. The van der Waals surface area contributed by atoms with Gasteiger partial charge in [0.1, 0.15) is 28.5 Å². The Balaban J connectivity index is 1.23. The summed E-state index contributed by atoms with van der Waals surface area (Å²) < 4.78 is 13.2. The Kier molecular flexibility index (Phi) is 7.08. The molecule has 10 rings (SSSR count). The van der Waals surface area contributed by atoms with Gasteiger partial charge in [-0.25, -0.2) is 4.98 Å². The third kappa shape index (κ3) is 4.69. The van der Waals surface area contributed by atoms with Gasteiger partial charge >= 0.3 is 0 Å². The van der Waals surface area contributed by atoms with Crippen LogP contribution in [0.25, 0.3) is 33.2 Å². The van der Waals surface area contributed by atoms with Gasteiger partial charge in [0.15, 0.2) is 8.07 Å². The lowest BCUT2D eigenvalue weighted by atomic mass is 10.1. The molecule has 0 amide bonds. The molecule has 0 atom stereocenters. The fourth-order valence-electron chi connectivity index (χ4n) is 7.97. The number of ether oxygens (including phenoxy) is 1. The van der Waals surface area contributed by atoms with Crippen molar-refractivity contribution in [3.05, 3.63) is 188 Å². The monoisotopic (exact) mass is 685 g/mol. The van der Waals surface area contributed by atoms with Crippen LogP contribution < -0.4 is 30.4 Å². The van der Waals surface area contributed by atoms with Crippen molar-refractivity contribution in [2.45, 2.75) is 0 Å². The Bertz CT molecular complexity index is 2690. The number of rotatable bonds is 6. The topological polar surface area (TPSA) is 51.4 Å². The summed E-state index contributed by atoms with van der Waals surface area (Å²) in [5.41, 5.74) is 5.69. The molecule has 6 aromatic carbocycles. The van der Waals surface area contributed by atoms with Crippen molar-refractivity contribution < 1.29 is 9.15 Å². The van der Waals surface area contributed by atoms with Crippen molar-refractivity contribution in [1.29, 1.82) is 0 Å². The average molecular weight is 686 g/mol. The summed E-state index contributed by atoms with van der Waals surface area (Å²) >= 11 is 0. The van der Waals surface area contributed by atoms with Crippen LogP contribution in [0.15, 0.2) is 193 Å². The molecule has 0 radical (unpaired) electrons. The second-order valence-electron chi connectivity index (χ2n) is 13.0. The van der Waals surface area contributed by atoms with Gasteiger partial charge in [0.2, 0.25) is 0 Å². The molecule has 0 unspecified atom stereocenters. The van der Waals surface area contributed by atoms with Crippen LogP contribution in [0.4, 0.5) is 17.2 Å². The van der Waals surface area contributed by atoms with Crippen LogP contribution in [0, 0.1) is 0 Å². The van der Waals surface area contributed by atoms with Crippen molar-refractivity contribution >= 4 is 68.0 Å². The molecule has 0 saturated heterocycles. The van der Waals surface area contributed by atoms with Gasteiger partial charge in [0.25, 0.3) is 0 Å². The van der Waals surface area contributed by atoms with Gasteiger partial charge in [-0.3, -0.25) is 9.88 Å². The summed E-state index contributed by atoms with van der Waals surface area (Å²) in [7, 11) is -3.01. The van der Waals surface area contributed by atoms with Crippen LogP contribution >= 0.6 is 0 Å². The van der Waals surface area contributed by atoms with E-state index < -0.39 is 8.07 Å². The van der Waals surface area contributed by atoms with E-state index in [1.807, 2.05) is 60.9 Å². The minimum Gasteiger partial charge on any atom is -0.457 e. The quantitative estimate of drug-likeness (QED) is 0.164. The Labute approximate surface area is 302 Å². The van der Waals surface area contributed by atoms with E-state index in [1.165, 1.54) is 20.7 Å². The maximum absolute atomic E-state index is 6.60. The molecule has 1 aliphatic heterocycles. The number of hydrogen-bond donors (Lipinski definition) is 0. The lowest BCUT2D eigenvalue weighted by molar-refractivity contribution is 0.483. The summed E-state index contributed by atoms with van der Waals surface area (Å²) in [6.45, 7) is 0. The fourth-order valence-corrected chi connectivity index (χ4v) is 13.2. The number of benzene rings is 6. The van der Waals surface area contributed by atoms with Crippen LogP contribution in [0.3, 0.4) is 0 Å². The number of anilines is 3. The van der Waals surface area contributed by atoms with E-state index in [1.54, 1.807) is 0 Å². The Morgan fingerprint density at radius 2 is 1.25 bits per heavy atom. The van der Waals surface area contributed by atoms with Crippen LogP contribution in [0.2, 0.25) is 0 Å². The summed E-state index contributed by atoms with van der Waals surface area (Å²) in [4.78, 5) is 12.0. The molecule has 0 saturated carbocycles. The van der Waals surface area contributed by atoms with E-state index in [9.17, 15) is 0 Å². The molecule has 9 aromatic rings. The second kappa shape index (κ2) is 12.2. The summed E-state index contributed by atoms with van der Waals surface area (Å²) in [6.07, 6.45) is 3.71. The van der Waals surface area contributed by atoms with Gasteiger partial charge in [-0.1, -0.05) is 109 Å². The van der Waals surface area contributed by atoms with Crippen LogP contribution in [-0.4, -0.2) is 18.0 Å². The highest BCUT2D eigenvalue weighted by Crippen LogP contribution is 2.42. The molecule has 0 aliphatic carbocycles. The van der Waals surface area contributed by atoms with E-state index >= 15 is 0 Å². The summed E-state index contributed by atoms with van der Waals surface area (Å²) in [5, 5.41) is 7.33. The predicted molar refractivity (Wildman–Crippen MR) is 213 cm³/mol. The van der Waals surface area contributed by atoms with Crippen LogP contribution in [0.1, 0.15) is 0 Å². The van der Waals surface area contributed by atoms with Gasteiger partial charge in [-0.2, -0.15) is 0 Å². The first-order chi connectivity index (χ1) is 25.8. The Morgan fingerprint density at radius 3 is 2.04 bits per heavy atom. The van der Waals surface area contributed by atoms with E-state index in [4.69, 9.17) is 14.1 Å². The molecule has 0 bridgehead atoms. The van der Waals surface area contributed by atoms with Crippen LogP contribution in [-0.2, 0) is 0 Å². The zero-order valence-electron chi connectivity index (χ0n) is 28.1. The van der Waals surface area contributed by atoms with Gasteiger partial charge < -0.3 is 9.15 Å². The lowest BCUT2D eigenvalue weighted by Gasteiger charge is -2.44. The van der Waals surface area contributed by atoms with Crippen molar-refractivity contribution in [2.75, 3.05) is 4.90 Å². The number of aromatic nitrogens is 2. The molecule has 0 N–H and O–H groups in total. The average Bonchev–Trinajstić information content (AvgIpc) is 3.60. The highest BCUT2D eigenvalue weighted by Gasteiger charge is 2.51. The molecule has 6 heteroatoms. The molecule has 0 spiro atoms. The normalized spacial score (nSPS) is 13.1. The summed E-state index contributed by atoms with van der Waals surface area (Å²) in [5.74, 6) is 2.38. The zero-order chi connectivity index (χ0) is 34.5. The molecular weight excluding hydrogens is 655 g/mol. The number of para-hydroxylation sites is 1. The van der Waals surface area contributed by atoms with Gasteiger partial charge in [0.05, 0.1) is 11.4 Å². The largest absolute Gasteiger partial charge is 0.457 e. The van der Waals surface area contributed by atoms with Gasteiger partial charge in [-0.05, 0) is 81.4 Å². The predicted octanol–water partition coefficient (Wildman–Crippen LogP) is 9.00. The lowest BCUT2D eigenvalue weighted by Crippen LogP contribution is -2.77. The first-order valence-corrected chi connectivity index (χ1v) is 19.4. The molecule has 246 valence electrons. The molecule has 5 nitrogen and oxygen atoms in total. The standard InChI is InChI=1S/C46H31N3O2Si/c1-3-18-36(19-4-1)52(37-20-5-2-6-21-37)43-25-13-29-48-46(43)49(40-26-27-42-44(45(40)52)38-22-7-8-24-41(38)51-42)33-15-12-17-35(31-33)50-34-16-11-14-32(30-34)39-23-9-10-28-47-39/h1-31H. The summed E-state index contributed by atoms with van der Waals surface area (Å²) in [6, 6.07) is 61.4. The van der Waals surface area contributed by atoms with Gasteiger partial charge in [0, 0.05) is 40.5 Å². The number of pyridine rings is 2. The maximum atomic E-state index is 6.60. The first-order valence-electron chi connectivity index (χ1n) is 17.4. The number of hydrogen-bond acceptors (Lipinski definition) is 5. The van der Waals surface area contributed by atoms with Gasteiger partial charge in [-0.15, -0.1) is 0 Å². The molecule has 3 aromatic heterocycles. The number of fused-ring (bicyclic) bond motifs is 6. The second-order valence-corrected chi connectivity index (χ2v) is 16.7. The molecular formula is C46H31N3O2Si. The van der Waals surface area contributed by atoms with Crippen molar-refractivity contribution in [2.24, 2.45) is 0 Å². The minimum absolute atomic E-state index is 0.727. The maximum Gasteiger partial charge on any atom is 0.187 e. The van der Waals surface area contributed by atoms with E-state index in [0.29, 0.717) is 0 Å². The Morgan fingerprint density at radius 1 is 0.538 bits per heavy atom. The van der Waals surface area contributed by atoms with E-state index in [2.05, 4.69) is 137 Å². The molecule has 52 heavy (non-hydrogen) atoms. The fraction of sp³-hybridized carbons (Fsp3) is 0. The number of furan rings is 1.